The van der Waals surface area contributed by atoms with Gasteiger partial charge in [-0.1, -0.05) is 36.4 Å². The monoisotopic (exact) mass is 648 g/mol. The molecule has 0 saturated carbocycles. The number of rotatable bonds is 4. The van der Waals surface area contributed by atoms with Gasteiger partial charge in [0.2, 0.25) is 0 Å². The lowest BCUT2D eigenvalue weighted by atomic mass is 10.00. The maximum absolute atomic E-state index is 12.9. The van der Waals surface area contributed by atoms with Crippen molar-refractivity contribution in [2.75, 3.05) is 13.1 Å². The number of ether oxygens (including phenoxy) is 2. The van der Waals surface area contributed by atoms with Gasteiger partial charge in [0.25, 0.3) is 0 Å². The van der Waals surface area contributed by atoms with Crippen LogP contribution in [0.1, 0.15) is 91.0 Å². The average Bonchev–Trinajstić information content (AvgIpc) is 3.83. The van der Waals surface area contributed by atoms with Crippen LogP contribution >= 0.6 is 0 Å². The third-order valence-electron chi connectivity index (χ3n) is 8.94. The molecular formula is C38H44N6O4. The molecule has 10 nitrogen and oxygen atoms in total. The summed E-state index contributed by atoms with van der Waals surface area (Å²) in [5, 5.41) is 0. The van der Waals surface area contributed by atoms with E-state index in [0.29, 0.717) is 13.1 Å². The quantitative estimate of drug-likeness (QED) is 0.201. The van der Waals surface area contributed by atoms with Gasteiger partial charge in [-0.3, -0.25) is 9.80 Å². The minimum atomic E-state index is -0.542. The van der Waals surface area contributed by atoms with Gasteiger partial charge in [-0.2, -0.15) is 0 Å². The predicted molar refractivity (Wildman–Crippen MR) is 186 cm³/mol. The lowest BCUT2D eigenvalue weighted by Gasteiger charge is -2.27. The van der Waals surface area contributed by atoms with Gasteiger partial charge in [0, 0.05) is 13.1 Å². The molecule has 0 aliphatic carbocycles. The molecule has 2 atom stereocenters. The number of likely N-dealkylation sites (tertiary alicyclic amines) is 2. The zero-order chi connectivity index (χ0) is 33.8. The molecule has 2 aromatic heterocycles. The Bertz CT molecular complexity index is 1840. The van der Waals surface area contributed by atoms with Gasteiger partial charge in [0.15, 0.2) is 0 Å². The van der Waals surface area contributed by atoms with E-state index in [1.165, 1.54) is 0 Å². The molecule has 2 amide bonds. The number of aromatic amines is 2. The lowest BCUT2D eigenvalue weighted by molar-refractivity contribution is 0.0208. The van der Waals surface area contributed by atoms with Crippen molar-refractivity contribution >= 4 is 34.3 Å². The van der Waals surface area contributed by atoms with Crippen molar-refractivity contribution in [2.45, 2.75) is 90.5 Å². The summed E-state index contributed by atoms with van der Waals surface area (Å²) in [5.74, 6) is 1.59. The highest BCUT2D eigenvalue weighted by Crippen LogP contribution is 2.36. The molecule has 5 aromatic rings. The molecule has 2 saturated heterocycles. The molecule has 10 heteroatoms. The number of carbonyl (C=O) groups excluding carboxylic acids is 2. The van der Waals surface area contributed by atoms with Crippen LogP contribution in [0.4, 0.5) is 9.59 Å². The van der Waals surface area contributed by atoms with Crippen LogP contribution in [-0.4, -0.2) is 66.2 Å². The summed E-state index contributed by atoms with van der Waals surface area (Å²) in [5.41, 5.74) is 6.91. The van der Waals surface area contributed by atoms with Crippen molar-refractivity contribution in [1.29, 1.82) is 0 Å². The van der Waals surface area contributed by atoms with Gasteiger partial charge in [0.05, 0.1) is 34.2 Å². The summed E-state index contributed by atoms with van der Waals surface area (Å²) in [6.45, 7) is 12.7. The molecule has 4 heterocycles. The summed E-state index contributed by atoms with van der Waals surface area (Å²) in [4.78, 5) is 46.0. The fraction of sp³-hybridized carbons (Fsp3) is 0.421. The van der Waals surface area contributed by atoms with Crippen LogP contribution in [0.25, 0.3) is 44.3 Å². The number of H-pyrrole nitrogens is 2. The Morgan fingerprint density at radius 1 is 0.625 bits per heavy atom. The van der Waals surface area contributed by atoms with Crippen molar-refractivity contribution in [3.8, 4) is 22.3 Å². The van der Waals surface area contributed by atoms with Gasteiger partial charge < -0.3 is 19.4 Å². The smallest absolute Gasteiger partial charge is 0.410 e. The molecule has 0 radical (unpaired) electrons. The Labute approximate surface area is 280 Å². The Hall–Kier alpha value is -4.86. The van der Waals surface area contributed by atoms with E-state index in [1.807, 2.05) is 53.7 Å². The molecule has 0 spiro atoms. The molecule has 2 fully saturated rings. The molecule has 48 heavy (non-hydrogen) atoms. The Morgan fingerprint density at radius 3 is 1.38 bits per heavy atom. The van der Waals surface area contributed by atoms with Crippen LogP contribution in [0, 0.1) is 0 Å². The summed E-state index contributed by atoms with van der Waals surface area (Å²) in [6, 6.07) is 20.8. The van der Waals surface area contributed by atoms with E-state index in [-0.39, 0.29) is 24.3 Å². The number of amides is 2. The number of hydrogen-bond donors (Lipinski definition) is 2. The van der Waals surface area contributed by atoms with E-state index in [4.69, 9.17) is 19.4 Å². The molecule has 0 unspecified atom stereocenters. The molecule has 7 rings (SSSR count). The second kappa shape index (κ2) is 12.0. The third-order valence-corrected chi connectivity index (χ3v) is 8.94. The van der Waals surface area contributed by atoms with Crippen LogP contribution < -0.4 is 0 Å². The number of carbonyl (C=O) groups is 2. The van der Waals surface area contributed by atoms with Gasteiger partial charge >= 0.3 is 12.2 Å². The van der Waals surface area contributed by atoms with Crippen LogP contribution in [0.15, 0.2) is 60.7 Å². The van der Waals surface area contributed by atoms with Crippen molar-refractivity contribution in [3.05, 3.63) is 72.3 Å². The molecule has 2 aliphatic rings. The average molecular weight is 649 g/mol. The zero-order valence-corrected chi connectivity index (χ0v) is 28.6. The summed E-state index contributed by atoms with van der Waals surface area (Å²) in [6.07, 6.45) is 2.95. The van der Waals surface area contributed by atoms with Gasteiger partial charge in [-0.15, -0.1) is 0 Å². The number of benzene rings is 3. The van der Waals surface area contributed by atoms with E-state index in [2.05, 4.69) is 58.5 Å². The van der Waals surface area contributed by atoms with Gasteiger partial charge in [-0.05, 0) is 114 Å². The number of nitrogens with zero attached hydrogens (tertiary/aromatic N) is 4. The first-order valence-electron chi connectivity index (χ1n) is 16.9. The van der Waals surface area contributed by atoms with E-state index < -0.39 is 11.2 Å². The largest absolute Gasteiger partial charge is 0.444 e. The number of aromatic nitrogens is 4. The van der Waals surface area contributed by atoms with Crippen molar-refractivity contribution < 1.29 is 19.1 Å². The zero-order valence-electron chi connectivity index (χ0n) is 28.6. The number of nitrogens with one attached hydrogen (secondary N) is 2. The summed E-state index contributed by atoms with van der Waals surface area (Å²) in [7, 11) is 0. The lowest BCUT2D eigenvalue weighted by Crippen LogP contribution is -2.36. The second-order valence-corrected chi connectivity index (χ2v) is 14.9. The highest BCUT2D eigenvalue weighted by Gasteiger charge is 2.36. The molecule has 250 valence electrons. The highest BCUT2D eigenvalue weighted by atomic mass is 16.6. The van der Waals surface area contributed by atoms with Crippen LogP contribution in [-0.2, 0) is 9.47 Å². The summed E-state index contributed by atoms with van der Waals surface area (Å²) >= 11 is 0. The van der Waals surface area contributed by atoms with Crippen LogP contribution in [0.3, 0.4) is 0 Å². The van der Waals surface area contributed by atoms with Crippen molar-refractivity contribution in [1.82, 2.24) is 29.7 Å². The van der Waals surface area contributed by atoms with E-state index in [9.17, 15) is 9.59 Å². The molecule has 2 N–H and O–H groups in total. The van der Waals surface area contributed by atoms with Crippen molar-refractivity contribution in [2.24, 2.45) is 0 Å². The van der Waals surface area contributed by atoms with Crippen LogP contribution in [0.2, 0.25) is 0 Å². The topological polar surface area (TPSA) is 116 Å². The Morgan fingerprint density at radius 2 is 1.00 bits per heavy atom. The Balaban J connectivity index is 1.08. The second-order valence-electron chi connectivity index (χ2n) is 14.9. The third kappa shape index (κ3) is 6.48. The van der Waals surface area contributed by atoms with Crippen molar-refractivity contribution in [3.63, 3.8) is 0 Å². The number of imidazole rings is 2. The maximum atomic E-state index is 12.9. The van der Waals surface area contributed by atoms with E-state index in [1.54, 1.807) is 9.80 Å². The molecule has 2 aliphatic heterocycles. The van der Waals surface area contributed by atoms with Gasteiger partial charge in [0.1, 0.15) is 22.9 Å². The fourth-order valence-electron chi connectivity index (χ4n) is 6.77. The van der Waals surface area contributed by atoms with E-state index in [0.717, 1.165) is 81.7 Å². The Kier molecular flexibility index (Phi) is 7.92. The molecule has 0 bridgehead atoms. The highest BCUT2D eigenvalue weighted by molar-refractivity contribution is 5.85. The molecule has 3 aromatic carbocycles. The number of hydrogen-bond acceptors (Lipinski definition) is 6. The number of fused-ring (bicyclic) bond motifs is 2. The fourth-order valence-corrected chi connectivity index (χ4v) is 6.77. The van der Waals surface area contributed by atoms with E-state index >= 15 is 0 Å². The first-order chi connectivity index (χ1) is 22.8. The standard InChI is InChI=1S/C38H44N6O4/c1-37(2,3)47-35(45)43-19-7-9-31(43)33-39-27-17-15-25(21-29(27)41-33)23-11-13-24(14-12-23)26-16-18-28-30(22-26)42-34(40-28)32-10-8-20-44(32)36(46)48-38(4,5)6/h11-18,21-22,31-32H,7-10,19-20H2,1-6H3,(H,39,41)(H,40,42)/t31-,32-/m0/s1. The molecular weight excluding hydrogens is 604 g/mol. The minimum absolute atomic E-state index is 0.125. The SMILES string of the molecule is CC(C)(C)OC(=O)N1CCC[C@H]1c1nc2ccc(-c3ccc(-c4ccc5nc([C@@H]6CCCN6C(=O)OC(C)(C)C)[nH]c5c4)cc3)cc2[nH]1. The predicted octanol–water partition coefficient (Wildman–Crippen LogP) is 8.92. The van der Waals surface area contributed by atoms with Gasteiger partial charge in [-0.25, -0.2) is 19.6 Å². The first kappa shape index (κ1) is 31.7. The summed E-state index contributed by atoms with van der Waals surface area (Å²) < 4.78 is 11.3. The first-order valence-corrected chi connectivity index (χ1v) is 16.9. The minimum Gasteiger partial charge on any atom is -0.444 e. The normalized spacial score (nSPS) is 18.6. The van der Waals surface area contributed by atoms with Crippen LogP contribution in [0.5, 0.6) is 0 Å². The maximum Gasteiger partial charge on any atom is 0.410 e.